The van der Waals surface area contributed by atoms with E-state index in [9.17, 15) is 14.6 Å². The summed E-state index contributed by atoms with van der Waals surface area (Å²) in [6.07, 6.45) is -3.07. The van der Waals surface area contributed by atoms with Gasteiger partial charge in [0.2, 0.25) is 0 Å². The van der Waals surface area contributed by atoms with Crippen molar-refractivity contribution in [3.63, 3.8) is 0 Å². The number of ether oxygens (including phenoxy) is 2. The topological polar surface area (TPSA) is 89.6 Å². The van der Waals surface area contributed by atoms with E-state index in [0.29, 0.717) is 21.8 Å². The summed E-state index contributed by atoms with van der Waals surface area (Å²) in [5.41, 5.74) is 2.36. The molecule has 29 heavy (non-hydrogen) atoms. The molecule has 2 N–H and O–H groups in total. The minimum absolute atomic E-state index is 0.176. The summed E-state index contributed by atoms with van der Waals surface area (Å²) >= 11 is 6.02. The molecule has 1 unspecified atom stereocenters. The van der Waals surface area contributed by atoms with Crippen molar-refractivity contribution >= 4 is 22.6 Å². The Morgan fingerprint density at radius 2 is 2.00 bits per heavy atom. The van der Waals surface area contributed by atoms with Gasteiger partial charge in [-0.05, 0) is 36.2 Å². The fourth-order valence-electron chi connectivity index (χ4n) is 4.18. The maximum atomic E-state index is 14.3. The third kappa shape index (κ3) is 2.94. The fourth-order valence-corrected chi connectivity index (χ4v) is 4.36. The van der Waals surface area contributed by atoms with Gasteiger partial charge >= 0.3 is 0 Å². The number of aliphatic hydroxyl groups is 2. The zero-order valence-electron chi connectivity index (χ0n) is 15.4. The summed E-state index contributed by atoms with van der Waals surface area (Å²) in [6.45, 7) is 1.69. The van der Waals surface area contributed by atoms with Crippen LogP contribution in [0.3, 0.4) is 0 Å². The quantitative estimate of drug-likeness (QED) is 0.664. The molecule has 6 atom stereocenters. The van der Waals surface area contributed by atoms with Crippen molar-refractivity contribution in [1.82, 2.24) is 14.5 Å². The number of nitrogens with zero attached hydrogens (tertiary/aromatic N) is 3. The largest absolute Gasteiger partial charge is 0.387 e. The Bertz CT molecular complexity index is 1080. The third-order valence-corrected chi connectivity index (χ3v) is 5.91. The Balaban J connectivity index is 1.51. The second-order valence-corrected chi connectivity index (χ2v) is 7.82. The van der Waals surface area contributed by atoms with Crippen molar-refractivity contribution in [3.05, 3.63) is 58.6 Å². The molecule has 0 aliphatic carbocycles. The number of fused-ring (bicyclic) bond motifs is 2. The van der Waals surface area contributed by atoms with Gasteiger partial charge in [0, 0.05) is 16.6 Å². The van der Waals surface area contributed by atoms with Crippen molar-refractivity contribution in [2.24, 2.45) is 0 Å². The maximum Gasteiger partial charge on any atom is 0.164 e. The van der Waals surface area contributed by atoms with Crippen LogP contribution in [-0.2, 0) is 9.47 Å². The molecule has 0 amide bonds. The molecule has 0 bridgehead atoms. The summed E-state index contributed by atoms with van der Waals surface area (Å²) in [5, 5.41) is 22.7. The van der Waals surface area contributed by atoms with Gasteiger partial charge < -0.3 is 24.3 Å². The summed E-state index contributed by atoms with van der Waals surface area (Å²) in [5.74, 6) is 0. The molecule has 2 aliphatic rings. The minimum Gasteiger partial charge on any atom is -0.387 e. The van der Waals surface area contributed by atoms with Crippen LogP contribution < -0.4 is 0 Å². The highest BCUT2D eigenvalue weighted by molar-refractivity contribution is 6.30. The van der Waals surface area contributed by atoms with E-state index in [1.165, 1.54) is 6.33 Å². The van der Waals surface area contributed by atoms with Crippen molar-refractivity contribution in [2.75, 3.05) is 6.61 Å². The molecule has 4 heterocycles. The number of aryl methyl sites for hydroxylation is 1. The number of hydrogen-bond donors (Lipinski definition) is 2. The average molecular weight is 420 g/mol. The Hall–Kier alpha value is -2.10. The number of alkyl halides is 1. The molecule has 2 aliphatic heterocycles. The highest BCUT2D eigenvalue weighted by atomic mass is 35.5. The molecule has 5 rings (SSSR count). The molecule has 3 aromatic rings. The number of hydrogen-bond acceptors (Lipinski definition) is 6. The molecular formula is C20H19ClFN3O4. The smallest absolute Gasteiger partial charge is 0.164 e. The van der Waals surface area contributed by atoms with Crippen molar-refractivity contribution in [1.29, 1.82) is 0 Å². The summed E-state index contributed by atoms with van der Waals surface area (Å²) in [7, 11) is 0. The predicted molar refractivity (Wildman–Crippen MR) is 102 cm³/mol. The highest BCUT2D eigenvalue weighted by Gasteiger charge is 2.50. The normalized spacial score (nSPS) is 31.9. The summed E-state index contributed by atoms with van der Waals surface area (Å²) in [4.78, 5) is 8.45. The predicted octanol–water partition coefficient (Wildman–Crippen LogP) is 2.79. The number of aromatic nitrogens is 3. The second kappa shape index (κ2) is 7.00. The van der Waals surface area contributed by atoms with E-state index >= 15 is 0 Å². The molecule has 0 saturated carbocycles. The van der Waals surface area contributed by atoms with E-state index in [0.717, 1.165) is 11.1 Å². The molecule has 1 fully saturated rings. The third-order valence-electron chi connectivity index (χ3n) is 5.67. The van der Waals surface area contributed by atoms with Gasteiger partial charge in [0.15, 0.2) is 6.23 Å². The molecule has 7 nitrogen and oxygen atoms in total. The van der Waals surface area contributed by atoms with Crippen LogP contribution in [0.2, 0.25) is 5.02 Å². The lowest BCUT2D eigenvalue weighted by Crippen LogP contribution is -2.38. The Kier molecular flexibility index (Phi) is 4.56. The zero-order chi connectivity index (χ0) is 20.3. The van der Waals surface area contributed by atoms with Crippen LogP contribution in [0.15, 0.2) is 36.8 Å². The Labute approximate surface area is 170 Å². The van der Waals surface area contributed by atoms with E-state index in [4.69, 9.17) is 21.1 Å². The van der Waals surface area contributed by atoms with Gasteiger partial charge in [0.1, 0.15) is 42.6 Å². The van der Waals surface area contributed by atoms with Crippen LogP contribution >= 0.6 is 11.6 Å². The molecule has 0 spiro atoms. The minimum atomic E-state index is -1.31. The molecular weight excluding hydrogens is 401 g/mol. The first-order chi connectivity index (χ1) is 14.0. The van der Waals surface area contributed by atoms with Gasteiger partial charge in [-0.3, -0.25) is 0 Å². The van der Waals surface area contributed by atoms with Crippen molar-refractivity contribution in [2.45, 2.75) is 43.7 Å². The van der Waals surface area contributed by atoms with Crippen LogP contribution in [0, 0.1) is 6.92 Å². The lowest BCUT2D eigenvalue weighted by atomic mass is 9.91. The van der Waals surface area contributed by atoms with Crippen LogP contribution in [0.1, 0.15) is 35.3 Å². The van der Waals surface area contributed by atoms with E-state index in [1.807, 2.05) is 13.0 Å². The van der Waals surface area contributed by atoms with E-state index < -0.39 is 36.8 Å². The Morgan fingerprint density at radius 1 is 1.17 bits per heavy atom. The van der Waals surface area contributed by atoms with Crippen LogP contribution in [0.5, 0.6) is 0 Å². The SMILES string of the molecule is Cc1ncnc2c1ccn2[C@@H]1O[C@H]([C@@H]2OCC(F)c3cc(Cl)ccc32)[C@@H](O)[C@H]1O. The van der Waals surface area contributed by atoms with E-state index in [1.54, 1.807) is 29.0 Å². The number of aliphatic hydroxyl groups excluding tert-OH is 2. The van der Waals surface area contributed by atoms with Crippen molar-refractivity contribution < 1.29 is 24.1 Å². The summed E-state index contributed by atoms with van der Waals surface area (Å²) in [6, 6.07) is 6.71. The molecule has 2 aromatic heterocycles. The van der Waals surface area contributed by atoms with Gasteiger partial charge in [-0.2, -0.15) is 0 Å². The zero-order valence-corrected chi connectivity index (χ0v) is 16.2. The van der Waals surface area contributed by atoms with Gasteiger partial charge in [-0.25, -0.2) is 14.4 Å². The van der Waals surface area contributed by atoms with Crippen molar-refractivity contribution in [3.8, 4) is 0 Å². The van der Waals surface area contributed by atoms with Crippen LogP contribution in [-0.4, -0.2) is 49.7 Å². The fraction of sp³-hybridized carbons (Fsp3) is 0.400. The molecule has 152 valence electrons. The highest BCUT2D eigenvalue weighted by Crippen LogP contribution is 2.44. The number of benzene rings is 1. The van der Waals surface area contributed by atoms with Crippen LogP contribution in [0.25, 0.3) is 11.0 Å². The molecule has 1 aromatic carbocycles. The average Bonchev–Trinajstić information content (AvgIpc) is 3.26. The molecule has 0 radical (unpaired) electrons. The van der Waals surface area contributed by atoms with Gasteiger partial charge in [-0.15, -0.1) is 0 Å². The van der Waals surface area contributed by atoms with Gasteiger partial charge in [-0.1, -0.05) is 17.7 Å². The van der Waals surface area contributed by atoms with Gasteiger partial charge in [0.05, 0.1) is 12.3 Å². The lowest BCUT2D eigenvalue weighted by molar-refractivity contribution is -0.124. The summed E-state index contributed by atoms with van der Waals surface area (Å²) < 4.78 is 27.8. The molecule has 9 heteroatoms. The first-order valence-corrected chi connectivity index (χ1v) is 9.68. The first kappa shape index (κ1) is 18.9. The van der Waals surface area contributed by atoms with E-state index in [2.05, 4.69) is 9.97 Å². The van der Waals surface area contributed by atoms with E-state index in [-0.39, 0.29) is 6.61 Å². The standard InChI is InChI=1S/C20H19ClFN3O4/c1-9-11-4-5-25(19(11)24-8-23-9)20-16(27)15(26)18(29-20)17-12-3-2-10(21)6-13(12)14(22)7-28-17/h2-6,8,14-18,20,26-27H,7H2,1H3/t14?,15-,16+,17+,18-,20+/m0/s1. The number of rotatable bonds is 2. The Morgan fingerprint density at radius 3 is 2.83 bits per heavy atom. The maximum absolute atomic E-state index is 14.3. The monoisotopic (exact) mass is 419 g/mol. The second-order valence-electron chi connectivity index (χ2n) is 7.39. The molecule has 1 saturated heterocycles. The lowest BCUT2D eigenvalue weighted by Gasteiger charge is -2.33. The van der Waals surface area contributed by atoms with Crippen LogP contribution in [0.4, 0.5) is 4.39 Å². The number of halogens is 2. The first-order valence-electron chi connectivity index (χ1n) is 9.30. The van der Waals surface area contributed by atoms with Gasteiger partial charge in [0.25, 0.3) is 0 Å².